The molecular formula is C13H16N2S. The second kappa shape index (κ2) is 4.66. The van der Waals surface area contributed by atoms with E-state index in [9.17, 15) is 0 Å². The summed E-state index contributed by atoms with van der Waals surface area (Å²) in [5.74, 6) is 1.25. The molecule has 84 valence electrons. The van der Waals surface area contributed by atoms with Crippen molar-refractivity contribution >= 4 is 17.2 Å². The molecule has 2 N–H and O–H groups in total. The van der Waals surface area contributed by atoms with Crippen LogP contribution in [0.2, 0.25) is 0 Å². The zero-order valence-electron chi connectivity index (χ0n) is 9.60. The summed E-state index contributed by atoms with van der Waals surface area (Å²) in [5.41, 5.74) is 8.10. The number of pyridine rings is 1. The number of rotatable bonds is 3. The average Bonchev–Trinajstić information content (AvgIpc) is 2.69. The minimum Gasteiger partial charge on any atom is -0.383 e. The third-order valence-corrected chi connectivity index (χ3v) is 3.29. The topological polar surface area (TPSA) is 38.9 Å². The molecule has 0 aliphatic rings. The molecule has 2 aromatic rings. The molecule has 0 unspecified atom stereocenters. The van der Waals surface area contributed by atoms with Crippen LogP contribution in [0.3, 0.4) is 0 Å². The maximum Gasteiger partial charge on any atom is 0.132 e. The number of hydrogen-bond donors (Lipinski definition) is 1. The largest absolute Gasteiger partial charge is 0.383 e. The van der Waals surface area contributed by atoms with Crippen molar-refractivity contribution < 1.29 is 0 Å². The van der Waals surface area contributed by atoms with Crippen LogP contribution >= 0.6 is 11.3 Å². The van der Waals surface area contributed by atoms with Gasteiger partial charge < -0.3 is 5.73 Å². The number of aromatic nitrogens is 1. The summed E-state index contributed by atoms with van der Waals surface area (Å²) in [4.78, 5) is 5.64. The molecule has 0 aliphatic carbocycles. The van der Waals surface area contributed by atoms with E-state index in [0.717, 1.165) is 17.7 Å². The molecule has 2 aromatic heterocycles. The normalized spacial score (nSPS) is 10.9. The van der Waals surface area contributed by atoms with Crippen molar-refractivity contribution in [1.82, 2.24) is 4.98 Å². The summed E-state index contributed by atoms with van der Waals surface area (Å²) < 4.78 is 0. The van der Waals surface area contributed by atoms with Gasteiger partial charge in [-0.05, 0) is 35.9 Å². The van der Waals surface area contributed by atoms with Crippen LogP contribution in [0.1, 0.15) is 19.5 Å². The Kier molecular flexibility index (Phi) is 3.25. The molecule has 0 fully saturated rings. The van der Waals surface area contributed by atoms with Gasteiger partial charge in [-0.3, -0.25) is 0 Å². The van der Waals surface area contributed by atoms with E-state index in [1.165, 1.54) is 4.88 Å². The summed E-state index contributed by atoms with van der Waals surface area (Å²) in [6.45, 7) is 4.37. The van der Waals surface area contributed by atoms with Crippen LogP contribution in [0.5, 0.6) is 0 Å². The third kappa shape index (κ3) is 2.42. The lowest BCUT2D eigenvalue weighted by atomic mass is 10.1. The Morgan fingerprint density at radius 2 is 2.12 bits per heavy atom. The molecule has 0 aliphatic heterocycles. The van der Waals surface area contributed by atoms with Gasteiger partial charge in [-0.1, -0.05) is 19.9 Å². The van der Waals surface area contributed by atoms with Gasteiger partial charge in [0.25, 0.3) is 0 Å². The van der Waals surface area contributed by atoms with Gasteiger partial charge in [0.2, 0.25) is 0 Å². The fourth-order valence-electron chi connectivity index (χ4n) is 1.69. The predicted molar refractivity (Wildman–Crippen MR) is 70.5 cm³/mol. The number of hydrogen-bond acceptors (Lipinski definition) is 3. The predicted octanol–water partition coefficient (Wildman–Crippen LogP) is 3.59. The van der Waals surface area contributed by atoms with Crippen LogP contribution in [0.25, 0.3) is 10.4 Å². The molecule has 2 rings (SSSR count). The van der Waals surface area contributed by atoms with Gasteiger partial charge in [-0.25, -0.2) is 4.98 Å². The molecule has 0 radical (unpaired) electrons. The molecule has 0 atom stereocenters. The average molecular weight is 232 g/mol. The van der Waals surface area contributed by atoms with Gasteiger partial charge in [0.1, 0.15) is 5.82 Å². The van der Waals surface area contributed by atoms with E-state index in [-0.39, 0.29) is 0 Å². The lowest BCUT2D eigenvalue weighted by Crippen LogP contribution is -2.01. The highest BCUT2D eigenvalue weighted by atomic mass is 32.1. The number of anilines is 1. The molecular weight excluding hydrogens is 216 g/mol. The van der Waals surface area contributed by atoms with E-state index in [1.807, 2.05) is 6.07 Å². The lowest BCUT2D eigenvalue weighted by molar-refractivity contribution is 0.636. The first-order valence-electron chi connectivity index (χ1n) is 5.46. The van der Waals surface area contributed by atoms with Crippen LogP contribution in [-0.2, 0) is 6.42 Å². The fourth-order valence-corrected chi connectivity index (χ4v) is 2.45. The summed E-state index contributed by atoms with van der Waals surface area (Å²) >= 11 is 1.69. The Morgan fingerprint density at radius 3 is 2.69 bits per heavy atom. The number of nitrogens with zero attached hydrogens (tertiary/aromatic N) is 1. The zero-order chi connectivity index (χ0) is 11.5. The van der Waals surface area contributed by atoms with Crippen LogP contribution in [0, 0.1) is 5.92 Å². The summed E-state index contributed by atoms with van der Waals surface area (Å²) in [5, 5.41) is 2.05. The van der Waals surface area contributed by atoms with E-state index in [1.54, 1.807) is 11.3 Å². The van der Waals surface area contributed by atoms with Crippen molar-refractivity contribution in [3.05, 3.63) is 35.3 Å². The molecule has 3 heteroatoms. The minimum absolute atomic E-state index is 0.611. The van der Waals surface area contributed by atoms with Crippen molar-refractivity contribution in [3.63, 3.8) is 0 Å². The molecule has 0 bridgehead atoms. The van der Waals surface area contributed by atoms with E-state index in [4.69, 9.17) is 5.73 Å². The number of thiophene rings is 1. The van der Waals surface area contributed by atoms with Crippen LogP contribution in [0.15, 0.2) is 29.6 Å². The van der Waals surface area contributed by atoms with Crippen molar-refractivity contribution in [2.45, 2.75) is 20.3 Å². The number of nitrogens with two attached hydrogens (primary N) is 1. The zero-order valence-corrected chi connectivity index (χ0v) is 10.4. The molecule has 0 aromatic carbocycles. The molecule has 0 amide bonds. The maximum atomic E-state index is 5.98. The monoisotopic (exact) mass is 232 g/mol. The van der Waals surface area contributed by atoms with Crippen molar-refractivity contribution in [2.75, 3.05) is 5.73 Å². The molecule has 2 nitrogen and oxygen atoms in total. The first-order valence-corrected chi connectivity index (χ1v) is 6.34. The Hall–Kier alpha value is -1.35. The fraction of sp³-hybridized carbons (Fsp3) is 0.308. The standard InChI is InChI=1S/C13H16N2S/c1-9(2)8-10-5-6-11(13(14)15-10)12-4-3-7-16-12/h3-7,9H,8H2,1-2H3,(H2,14,15). The van der Waals surface area contributed by atoms with Crippen LogP contribution < -0.4 is 5.73 Å². The van der Waals surface area contributed by atoms with E-state index < -0.39 is 0 Å². The Balaban J connectivity index is 2.30. The highest BCUT2D eigenvalue weighted by Crippen LogP contribution is 2.28. The smallest absolute Gasteiger partial charge is 0.132 e. The Morgan fingerprint density at radius 1 is 1.31 bits per heavy atom. The third-order valence-electron chi connectivity index (χ3n) is 2.39. The van der Waals surface area contributed by atoms with Gasteiger partial charge in [0, 0.05) is 16.1 Å². The molecule has 2 heterocycles. The maximum absolute atomic E-state index is 5.98. The SMILES string of the molecule is CC(C)Cc1ccc(-c2cccs2)c(N)n1. The van der Waals surface area contributed by atoms with Gasteiger partial charge >= 0.3 is 0 Å². The highest BCUT2D eigenvalue weighted by molar-refractivity contribution is 7.13. The van der Waals surface area contributed by atoms with Crippen molar-refractivity contribution in [1.29, 1.82) is 0 Å². The lowest BCUT2D eigenvalue weighted by Gasteiger charge is -2.07. The van der Waals surface area contributed by atoms with Gasteiger partial charge in [-0.2, -0.15) is 0 Å². The first kappa shape index (κ1) is 11.1. The van der Waals surface area contributed by atoms with Crippen LogP contribution in [0.4, 0.5) is 5.82 Å². The second-order valence-electron chi connectivity index (χ2n) is 4.31. The molecule has 0 saturated carbocycles. The van der Waals surface area contributed by atoms with Gasteiger partial charge in [0.05, 0.1) is 0 Å². The Labute approximate surface area is 100 Å². The van der Waals surface area contributed by atoms with Crippen LogP contribution in [-0.4, -0.2) is 4.98 Å². The van der Waals surface area contributed by atoms with E-state index >= 15 is 0 Å². The van der Waals surface area contributed by atoms with Crippen molar-refractivity contribution in [2.24, 2.45) is 5.92 Å². The molecule has 16 heavy (non-hydrogen) atoms. The van der Waals surface area contributed by atoms with E-state index in [2.05, 4.69) is 42.4 Å². The molecule has 0 saturated heterocycles. The summed E-state index contributed by atoms with van der Waals surface area (Å²) in [6, 6.07) is 8.25. The summed E-state index contributed by atoms with van der Waals surface area (Å²) in [7, 11) is 0. The highest BCUT2D eigenvalue weighted by Gasteiger charge is 2.06. The van der Waals surface area contributed by atoms with Crippen molar-refractivity contribution in [3.8, 4) is 10.4 Å². The quantitative estimate of drug-likeness (QED) is 0.878. The summed E-state index contributed by atoms with van der Waals surface area (Å²) in [6.07, 6.45) is 0.981. The van der Waals surface area contributed by atoms with E-state index in [0.29, 0.717) is 11.7 Å². The van der Waals surface area contributed by atoms with Gasteiger partial charge in [-0.15, -0.1) is 11.3 Å². The second-order valence-corrected chi connectivity index (χ2v) is 5.26. The first-order chi connectivity index (χ1) is 7.66. The Bertz CT molecular complexity index is 461. The molecule has 0 spiro atoms. The minimum atomic E-state index is 0.611. The number of nitrogen functional groups attached to an aromatic ring is 1. The van der Waals surface area contributed by atoms with Gasteiger partial charge in [0.15, 0.2) is 0 Å².